The third-order valence-corrected chi connectivity index (χ3v) is 14.7. The van der Waals surface area contributed by atoms with E-state index >= 15 is 0 Å². The van der Waals surface area contributed by atoms with Crippen molar-refractivity contribution in [2.45, 2.75) is 115 Å². The first-order chi connectivity index (χ1) is 34.6. The Bertz CT molecular complexity index is 2650. The summed E-state index contributed by atoms with van der Waals surface area (Å²) in [7, 11) is 0. The Morgan fingerprint density at radius 3 is 2.43 bits per heavy atom. The van der Waals surface area contributed by atoms with Gasteiger partial charge in [0.25, 0.3) is 5.82 Å². The van der Waals surface area contributed by atoms with Gasteiger partial charge in [0.15, 0.2) is 5.82 Å². The minimum atomic E-state index is -4.62. The minimum absolute atomic E-state index is 0.000360. The molecular formula is C51H63F3N10O7S. The highest BCUT2D eigenvalue weighted by Gasteiger charge is 2.50. The van der Waals surface area contributed by atoms with Gasteiger partial charge in [-0.2, -0.15) is 22.9 Å². The number of carbonyl (C=O) groups is 3. The van der Waals surface area contributed by atoms with E-state index < -0.39 is 35.6 Å². The number of thiazole rings is 1. The number of aliphatic hydroxyl groups excluding tert-OH is 1. The summed E-state index contributed by atoms with van der Waals surface area (Å²) < 4.78 is 58.4. The number of amidine groups is 1. The lowest BCUT2D eigenvalue weighted by molar-refractivity contribution is -0.147. The molecule has 2 saturated heterocycles. The number of β-amino-alcohol motifs (C(OH)–C–C–N with tert-alkyl or cyclic N) is 1. The normalized spacial score (nSPS) is 19.3. The zero-order valence-electron chi connectivity index (χ0n) is 41.1. The van der Waals surface area contributed by atoms with Gasteiger partial charge >= 0.3 is 6.18 Å². The lowest BCUT2D eigenvalue weighted by Crippen LogP contribution is -2.56. The molecule has 3 N–H and O–H groups in total. The number of rotatable bonds is 21. The first kappa shape index (κ1) is 52.3. The molecule has 0 bridgehead atoms. The van der Waals surface area contributed by atoms with Crippen LogP contribution in [0.25, 0.3) is 10.4 Å². The predicted octanol–water partition coefficient (Wildman–Crippen LogP) is 7.00. The zero-order valence-corrected chi connectivity index (χ0v) is 41.9. The molecule has 0 aliphatic carbocycles. The fourth-order valence-corrected chi connectivity index (χ4v) is 10.7. The molecule has 2 amide bonds. The van der Waals surface area contributed by atoms with Crippen molar-refractivity contribution in [1.29, 1.82) is 0 Å². The van der Waals surface area contributed by atoms with E-state index in [-0.39, 0.29) is 49.5 Å². The smallest absolute Gasteiger partial charge is 0.453 e. The summed E-state index contributed by atoms with van der Waals surface area (Å²) in [5.41, 5.74) is 4.98. The number of hydrogen-bond acceptors (Lipinski definition) is 15. The Kier molecular flexibility index (Phi) is 16.9. The van der Waals surface area contributed by atoms with Crippen molar-refractivity contribution in [2.24, 2.45) is 11.0 Å². The van der Waals surface area contributed by atoms with Crippen LogP contribution >= 0.6 is 11.3 Å². The first-order valence-corrected chi connectivity index (χ1v) is 25.5. The maximum absolute atomic E-state index is 14.3. The number of alkyl halides is 3. The lowest BCUT2D eigenvalue weighted by atomic mass is 9.89. The van der Waals surface area contributed by atoms with Crippen LogP contribution in [-0.2, 0) is 31.7 Å². The van der Waals surface area contributed by atoms with Crippen LogP contribution in [0.1, 0.15) is 117 Å². The van der Waals surface area contributed by atoms with E-state index in [0.29, 0.717) is 75.5 Å². The summed E-state index contributed by atoms with van der Waals surface area (Å²) in [5.74, 6) is -0.192. The van der Waals surface area contributed by atoms with E-state index in [1.54, 1.807) is 29.8 Å². The van der Waals surface area contributed by atoms with Gasteiger partial charge in [-0.25, -0.2) is 4.98 Å². The van der Waals surface area contributed by atoms with E-state index in [4.69, 9.17) is 14.0 Å². The zero-order chi connectivity index (χ0) is 51.0. The minimum Gasteiger partial charge on any atom is -0.494 e. The molecule has 2 aromatic carbocycles. The number of fused-ring (bicyclic) bond motifs is 1. The van der Waals surface area contributed by atoms with Crippen molar-refractivity contribution in [2.75, 3.05) is 52.5 Å². The quantitative estimate of drug-likeness (QED) is 0.0502. The van der Waals surface area contributed by atoms with Gasteiger partial charge in [0.05, 0.1) is 41.1 Å². The first-order valence-electron chi connectivity index (χ1n) is 24.7. The third kappa shape index (κ3) is 12.4. The third-order valence-electron chi connectivity index (χ3n) is 13.7. The average Bonchev–Trinajstić information content (AvgIpc) is 4.18. The molecule has 8 rings (SSSR count). The number of nitrogens with zero attached hydrogens (tertiary/aromatic N) is 8. The molecule has 0 spiro atoms. The van der Waals surface area contributed by atoms with Crippen LogP contribution in [0, 0.1) is 19.8 Å². The van der Waals surface area contributed by atoms with Gasteiger partial charge in [-0.15, -0.1) is 21.5 Å². The number of unbranched alkanes of at least 4 members (excludes halogenated alkanes) is 1. The summed E-state index contributed by atoms with van der Waals surface area (Å²) in [6.45, 7) is 10.5. The Hall–Kier alpha value is -6.03. The Morgan fingerprint density at radius 1 is 1.01 bits per heavy atom. The number of aromatic nitrogens is 5. The summed E-state index contributed by atoms with van der Waals surface area (Å²) >= 11 is 1.55. The number of aliphatic hydroxyl groups is 1. The van der Waals surface area contributed by atoms with Gasteiger partial charge in [0, 0.05) is 77.1 Å². The molecule has 3 aromatic heterocycles. The Labute approximate surface area is 420 Å². The number of aryl methyl sites for hydroxylation is 3. The summed E-state index contributed by atoms with van der Waals surface area (Å²) in [6.07, 6.45) is -0.600. The number of likely N-dealkylation sites (tertiary alicyclic amines) is 2. The van der Waals surface area contributed by atoms with E-state index in [0.717, 1.165) is 64.1 Å². The average molecular weight is 1020 g/mol. The molecule has 2 unspecified atom stereocenters. The van der Waals surface area contributed by atoms with Crippen LogP contribution in [0.3, 0.4) is 0 Å². The molecule has 386 valence electrons. The van der Waals surface area contributed by atoms with Gasteiger partial charge in [-0.1, -0.05) is 55.4 Å². The fourth-order valence-electron chi connectivity index (χ4n) is 9.88. The van der Waals surface area contributed by atoms with E-state index in [1.807, 2.05) is 57.2 Å². The lowest BCUT2D eigenvalue weighted by Gasteiger charge is -2.37. The summed E-state index contributed by atoms with van der Waals surface area (Å²) in [6, 6.07) is 17.1. The van der Waals surface area contributed by atoms with Crippen LogP contribution in [0.2, 0.25) is 0 Å². The predicted molar refractivity (Wildman–Crippen MR) is 262 cm³/mol. The number of nitrogens with one attached hydrogen (secondary N) is 2. The monoisotopic (exact) mass is 1020 g/mol. The van der Waals surface area contributed by atoms with Gasteiger partial charge < -0.3 is 44.3 Å². The number of piperidine rings is 1. The number of hydrogen-bond donors (Lipinski definition) is 3. The molecule has 21 heteroatoms. The topological polar surface area (TPSA) is 202 Å². The van der Waals surface area contributed by atoms with Crippen molar-refractivity contribution < 1.29 is 46.7 Å². The highest BCUT2D eigenvalue weighted by molar-refractivity contribution is 7.13. The van der Waals surface area contributed by atoms with Crippen molar-refractivity contribution in [3.05, 3.63) is 100 Å². The maximum Gasteiger partial charge on any atom is 0.453 e. The second-order valence-electron chi connectivity index (χ2n) is 19.3. The molecule has 17 nitrogen and oxygen atoms in total. The largest absolute Gasteiger partial charge is 0.494 e. The van der Waals surface area contributed by atoms with Gasteiger partial charge in [-0.05, 0) is 80.2 Å². The summed E-state index contributed by atoms with van der Waals surface area (Å²) in [4.78, 5) is 49.8. The van der Waals surface area contributed by atoms with E-state index in [2.05, 4.69) is 53.1 Å². The number of carbonyl (C=O) groups excluding carboxylic acids is 3. The van der Waals surface area contributed by atoms with Crippen molar-refractivity contribution in [1.82, 2.24) is 45.4 Å². The Morgan fingerprint density at radius 2 is 1.76 bits per heavy atom. The number of halogens is 3. The van der Waals surface area contributed by atoms with Gasteiger partial charge in [0.2, 0.25) is 11.8 Å². The molecule has 3 aliphatic rings. The molecule has 3 aliphatic heterocycles. The second kappa shape index (κ2) is 23.2. The van der Waals surface area contributed by atoms with Crippen LogP contribution in [0.15, 0.2) is 69.7 Å². The SMILES string of the molecule is Cc1cc([C@H](C(=O)N2C[C@H](O)CC2(C=O)CNC(CC(=O)NCCOCCCCOc2ccc(C3CCN(C4=Nn5c(nnc5C(F)(F)F)CC4)CC3)cc2)c2ccc(-c3scnc3C)cc2)C(C)C)on1. The van der Waals surface area contributed by atoms with Crippen molar-refractivity contribution in [3.8, 4) is 16.2 Å². The van der Waals surface area contributed by atoms with Gasteiger partial charge in [0.1, 0.15) is 35.1 Å². The van der Waals surface area contributed by atoms with Crippen LogP contribution in [0.4, 0.5) is 13.2 Å². The second-order valence-corrected chi connectivity index (χ2v) is 20.1. The molecule has 0 radical (unpaired) electrons. The van der Waals surface area contributed by atoms with Crippen molar-refractivity contribution >= 4 is 35.3 Å². The summed E-state index contributed by atoms with van der Waals surface area (Å²) in [5, 5.41) is 32.6. The molecule has 2 fully saturated rings. The standard InChI is InChI=1S/C51H63F3N10O7S/c1-32(2)46(42-25-33(3)61-71-42)48(68)63-28-39(66)27-50(63,30-65)29-56-41(37-7-9-38(10-8-37)47-34(4)57-31-72-47)26-45(67)55-19-24-69-22-5-6-23-70-40-13-11-35(12-14-40)36-17-20-62(21-18-36)44-16-15-43-58-59-49(51(52,53)54)64(43)60-44/h7-14,25,30-32,36,39,41,46,56,66H,5-6,15-24,26-29H2,1-4H3,(H,55,67)/t39-,41?,46-,50?/m1/s1. The molecule has 72 heavy (non-hydrogen) atoms. The van der Waals surface area contributed by atoms with Crippen LogP contribution < -0.4 is 15.4 Å². The number of benzene rings is 2. The number of ether oxygens (including phenoxy) is 2. The van der Waals surface area contributed by atoms with E-state index in [1.165, 1.54) is 10.5 Å². The van der Waals surface area contributed by atoms with Crippen LogP contribution in [-0.4, -0.2) is 128 Å². The van der Waals surface area contributed by atoms with E-state index in [9.17, 15) is 32.7 Å². The van der Waals surface area contributed by atoms with Gasteiger partial charge in [-0.3, -0.25) is 9.59 Å². The van der Waals surface area contributed by atoms with Crippen LogP contribution in [0.5, 0.6) is 5.75 Å². The molecule has 6 heterocycles. The fraction of sp³-hybridized carbons (Fsp3) is 0.529. The Balaban J connectivity index is 0.772. The number of amides is 2. The molecule has 0 saturated carbocycles. The number of aldehydes is 1. The highest BCUT2D eigenvalue weighted by Crippen LogP contribution is 2.37. The molecule has 5 aromatic rings. The highest BCUT2D eigenvalue weighted by atomic mass is 32.1. The molecular weight excluding hydrogens is 954 g/mol. The molecule has 4 atom stereocenters. The van der Waals surface area contributed by atoms with Crippen molar-refractivity contribution in [3.63, 3.8) is 0 Å². The maximum atomic E-state index is 14.3.